The molecule has 8 heteroatoms. The van der Waals surface area contributed by atoms with Crippen LogP contribution in [-0.2, 0) is 22.6 Å². The van der Waals surface area contributed by atoms with Gasteiger partial charge in [-0.05, 0) is 33.8 Å². The number of hydrogen-bond acceptors (Lipinski definition) is 7. The van der Waals surface area contributed by atoms with Crippen LogP contribution in [0, 0.1) is 6.92 Å². The zero-order chi connectivity index (χ0) is 20.3. The number of aryl methyl sites for hydroxylation is 1. The van der Waals surface area contributed by atoms with E-state index in [9.17, 15) is 9.59 Å². The lowest BCUT2D eigenvalue weighted by atomic mass is 10.1. The molecule has 0 fully saturated rings. The normalized spacial score (nSPS) is 11.4. The third kappa shape index (κ3) is 4.89. The number of carbonyl (C=O) groups excluding carboxylic acids is 2. The van der Waals surface area contributed by atoms with Crippen molar-refractivity contribution >= 4 is 34.4 Å². The van der Waals surface area contributed by atoms with Crippen LogP contribution in [0.2, 0.25) is 0 Å². The Morgan fingerprint density at radius 1 is 1.25 bits per heavy atom. The highest BCUT2D eigenvalue weighted by Gasteiger charge is 2.18. The minimum absolute atomic E-state index is 0.0301. The van der Waals surface area contributed by atoms with Crippen LogP contribution in [0.3, 0.4) is 0 Å². The molecule has 0 aliphatic heterocycles. The number of ether oxygens (including phenoxy) is 2. The summed E-state index contributed by atoms with van der Waals surface area (Å²) in [4.78, 5) is 28.1. The number of para-hydroxylation sites is 1. The number of nitrogens with zero attached hydrogens (tertiary/aromatic N) is 1. The van der Waals surface area contributed by atoms with Crippen LogP contribution in [-0.4, -0.2) is 22.6 Å². The zero-order valence-electron chi connectivity index (χ0n) is 16.2. The quantitative estimate of drug-likeness (QED) is 0.628. The molecule has 1 N–H and O–H groups in total. The molecular formula is C20H22N2O5S. The monoisotopic (exact) mass is 402 g/mol. The largest absolute Gasteiger partial charge is 0.457 e. The number of nitrogens with one attached hydrogen (secondary N) is 1. The summed E-state index contributed by atoms with van der Waals surface area (Å²) in [6.45, 7) is 7.49. The van der Waals surface area contributed by atoms with E-state index in [-0.39, 0.29) is 18.8 Å². The molecule has 7 nitrogen and oxygen atoms in total. The van der Waals surface area contributed by atoms with Crippen LogP contribution in [0.5, 0.6) is 0 Å². The van der Waals surface area contributed by atoms with Crippen molar-refractivity contribution in [3.05, 3.63) is 51.7 Å². The average molecular weight is 402 g/mol. The smallest absolute Gasteiger partial charge is 0.408 e. The molecule has 0 unspecified atom stereocenters. The third-order valence-electron chi connectivity index (χ3n) is 3.82. The number of carbonyl (C=O) groups is 2. The molecule has 0 spiro atoms. The van der Waals surface area contributed by atoms with Gasteiger partial charge in [-0.3, -0.25) is 0 Å². The second-order valence-electron chi connectivity index (χ2n) is 7.20. The second-order valence-corrected chi connectivity index (χ2v) is 8.15. The highest BCUT2D eigenvalue weighted by atomic mass is 32.1. The third-order valence-corrected chi connectivity index (χ3v) is 4.67. The fourth-order valence-electron chi connectivity index (χ4n) is 2.52. The van der Waals surface area contributed by atoms with Gasteiger partial charge in [0, 0.05) is 16.3 Å². The van der Waals surface area contributed by atoms with E-state index >= 15 is 0 Å². The fraction of sp³-hybridized carbons (Fsp3) is 0.350. The molecule has 0 aliphatic carbocycles. The van der Waals surface area contributed by atoms with Gasteiger partial charge in [0.25, 0.3) is 0 Å². The number of amides is 1. The zero-order valence-corrected chi connectivity index (χ0v) is 17.0. The molecule has 2 aromatic heterocycles. The van der Waals surface area contributed by atoms with E-state index in [0.29, 0.717) is 10.8 Å². The van der Waals surface area contributed by atoms with Gasteiger partial charge < -0.3 is 19.2 Å². The molecule has 0 radical (unpaired) electrons. The van der Waals surface area contributed by atoms with E-state index in [1.54, 1.807) is 26.2 Å². The van der Waals surface area contributed by atoms with E-state index in [1.165, 1.54) is 11.3 Å². The maximum atomic E-state index is 12.3. The first-order valence-corrected chi connectivity index (χ1v) is 9.66. The van der Waals surface area contributed by atoms with Gasteiger partial charge in [0.1, 0.15) is 28.6 Å². The molecule has 0 bridgehead atoms. The predicted octanol–water partition coefficient (Wildman–Crippen LogP) is 4.58. The summed E-state index contributed by atoms with van der Waals surface area (Å²) < 4.78 is 16.2. The summed E-state index contributed by atoms with van der Waals surface area (Å²) in [6, 6.07) is 7.66. The van der Waals surface area contributed by atoms with Crippen molar-refractivity contribution in [3.63, 3.8) is 0 Å². The van der Waals surface area contributed by atoms with Crippen molar-refractivity contribution in [3.8, 4) is 0 Å². The number of aromatic nitrogens is 1. The summed E-state index contributed by atoms with van der Waals surface area (Å²) in [5.41, 5.74) is 1.33. The van der Waals surface area contributed by atoms with E-state index in [0.717, 1.165) is 16.5 Å². The Kier molecular flexibility index (Phi) is 5.69. The number of rotatable bonds is 5. The van der Waals surface area contributed by atoms with Gasteiger partial charge in [0.05, 0.1) is 6.54 Å². The Morgan fingerprint density at radius 3 is 2.71 bits per heavy atom. The topological polar surface area (TPSA) is 90.7 Å². The molecular weight excluding hydrogens is 380 g/mol. The number of fused-ring (bicyclic) bond motifs is 1. The van der Waals surface area contributed by atoms with Gasteiger partial charge in [-0.25, -0.2) is 14.6 Å². The van der Waals surface area contributed by atoms with Crippen LogP contribution in [0.15, 0.2) is 34.1 Å². The second kappa shape index (κ2) is 8.02. The highest BCUT2D eigenvalue weighted by molar-refractivity contribution is 7.09. The lowest BCUT2D eigenvalue weighted by Crippen LogP contribution is -2.32. The summed E-state index contributed by atoms with van der Waals surface area (Å²) in [5.74, 6) is 0.0659. The van der Waals surface area contributed by atoms with Crippen LogP contribution in [0.1, 0.15) is 47.6 Å². The summed E-state index contributed by atoms with van der Waals surface area (Å²) in [7, 11) is 0. The maximum absolute atomic E-state index is 12.3. The predicted molar refractivity (Wildman–Crippen MR) is 105 cm³/mol. The van der Waals surface area contributed by atoms with Gasteiger partial charge in [0.2, 0.25) is 0 Å². The lowest BCUT2D eigenvalue weighted by molar-refractivity contribution is 0.0440. The number of thiazole rings is 1. The first-order valence-electron chi connectivity index (χ1n) is 8.78. The molecule has 0 saturated heterocycles. The van der Waals surface area contributed by atoms with Crippen LogP contribution in [0.4, 0.5) is 4.79 Å². The van der Waals surface area contributed by atoms with E-state index < -0.39 is 17.7 Å². The van der Waals surface area contributed by atoms with E-state index in [1.807, 2.05) is 31.2 Å². The van der Waals surface area contributed by atoms with E-state index in [4.69, 9.17) is 13.9 Å². The summed E-state index contributed by atoms with van der Waals surface area (Å²) in [5, 5.41) is 5.78. The first-order chi connectivity index (χ1) is 13.2. The van der Waals surface area contributed by atoms with Gasteiger partial charge in [0.15, 0.2) is 5.69 Å². The number of benzene rings is 1. The molecule has 28 heavy (non-hydrogen) atoms. The Bertz CT molecular complexity index is 1000. The van der Waals surface area contributed by atoms with Crippen molar-refractivity contribution in [2.75, 3.05) is 0 Å². The van der Waals surface area contributed by atoms with E-state index in [2.05, 4.69) is 10.3 Å². The number of esters is 1. The van der Waals surface area contributed by atoms with Crippen molar-refractivity contribution in [2.45, 2.75) is 46.4 Å². The molecule has 1 amide bonds. The van der Waals surface area contributed by atoms with Crippen molar-refractivity contribution < 1.29 is 23.5 Å². The Labute approximate surface area is 166 Å². The standard InChI is InChI=1S/C20H22N2O5S/c1-12-13-7-5-6-8-15(13)26-16(12)10-25-18(23)14-11-28-17(22-14)9-21-19(24)27-20(2,3)4/h5-8,11H,9-10H2,1-4H3,(H,21,24). The Hall–Kier alpha value is -2.87. The Balaban J connectivity index is 1.55. The molecule has 0 atom stereocenters. The number of furan rings is 1. The van der Waals surface area contributed by atoms with Crippen molar-refractivity contribution in [1.82, 2.24) is 10.3 Å². The molecule has 2 heterocycles. The lowest BCUT2D eigenvalue weighted by Gasteiger charge is -2.19. The Morgan fingerprint density at radius 2 is 2.00 bits per heavy atom. The first kappa shape index (κ1) is 19.9. The van der Waals surface area contributed by atoms with Crippen molar-refractivity contribution in [2.24, 2.45) is 0 Å². The summed E-state index contributed by atoms with van der Waals surface area (Å²) in [6.07, 6.45) is -0.535. The molecule has 0 saturated carbocycles. The average Bonchev–Trinajstić information content (AvgIpc) is 3.22. The minimum atomic E-state index is -0.573. The number of hydrogen-bond donors (Lipinski definition) is 1. The number of alkyl carbamates (subject to hydrolysis) is 1. The molecule has 0 aliphatic rings. The minimum Gasteiger partial charge on any atom is -0.457 e. The van der Waals surface area contributed by atoms with Gasteiger partial charge in [-0.2, -0.15) is 0 Å². The van der Waals surface area contributed by atoms with Crippen molar-refractivity contribution in [1.29, 1.82) is 0 Å². The summed E-state index contributed by atoms with van der Waals surface area (Å²) >= 11 is 1.26. The van der Waals surface area contributed by atoms with Crippen LogP contribution in [0.25, 0.3) is 11.0 Å². The van der Waals surface area contributed by atoms with Gasteiger partial charge in [-0.1, -0.05) is 18.2 Å². The van der Waals surface area contributed by atoms with Crippen LogP contribution < -0.4 is 5.32 Å². The molecule has 3 aromatic rings. The maximum Gasteiger partial charge on any atom is 0.408 e. The molecule has 3 rings (SSSR count). The SMILES string of the molecule is Cc1c(COC(=O)c2csc(CNC(=O)OC(C)(C)C)n2)oc2ccccc12. The van der Waals surface area contributed by atoms with Gasteiger partial charge in [-0.15, -0.1) is 11.3 Å². The fourth-order valence-corrected chi connectivity index (χ4v) is 3.22. The molecule has 1 aromatic carbocycles. The highest BCUT2D eigenvalue weighted by Crippen LogP contribution is 2.25. The van der Waals surface area contributed by atoms with Gasteiger partial charge >= 0.3 is 12.1 Å². The van der Waals surface area contributed by atoms with Crippen LogP contribution >= 0.6 is 11.3 Å². The molecule has 148 valence electrons.